The van der Waals surface area contributed by atoms with Crippen molar-refractivity contribution in [3.05, 3.63) is 13.5 Å². The van der Waals surface area contributed by atoms with E-state index in [0.29, 0.717) is 6.04 Å². The molecule has 2 radical (unpaired) electrons. The highest BCUT2D eigenvalue weighted by atomic mass is 14.9. The molecule has 0 bridgehead atoms. The lowest BCUT2D eigenvalue weighted by molar-refractivity contribution is 0.515. The second kappa shape index (κ2) is 9.05. The summed E-state index contributed by atoms with van der Waals surface area (Å²) in [5, 5.41) is 3.38. The molecule has 1 heteroatoms. The second-order valence-corrected chi connectivity index (χ2v) is 3.41. The summed E-state index contributed by atoms with van der Waals surface area (Å²) in [6.07, 6.45) is 7.40. The minimum atomic E-state index is 0.642. The van der Waals surface area contributed by atoms with Crippen molar-refractivity contribution in [2.24, 2.45) is 0 Å². The van der Waals surface area contributed by atoms with E-state index in [0.717, 1.165) is 12.8 Å². The Morgan fingerprint density at radius 3 is 2.75 bits per heavy atom. The van der Waals surface area contributed by atoms with Crippen LogP contribution in [-0.2, 0) is 0 Å². The Hall–Kier alpha value is -0.0400. The molecule has 0 fully saturated rings. The zero-order chi connectivity index (χ0) is 9.23. The van der Waals surface area contributed by atoms with Gasteiger partial charge >= 0.3 is 0 Å². The lowest BCUT2D eigenvalue weighted by Crippen LogP contribution is -2.23. The molecular weight excluding hydrogens is 146 g/mol. The van der Waals surface area contributed by atoms with E-state index >= 15 is 0 Å². The average molecular weight is 169 g/mol. The topological polar surface area (TPSA) is 12.0 Å². The number of hydrogen-bond donors (Lipinski definition) is 1. The molecule has 0 heterocycles. The highest BCUT2D eigenvalue weighted by Crippen LogP contribution is 2.03. The predicted octanol–water partition coefficient (Wildman–Crippen LogP) is 3.32. The molecule has 0 amide bonds. The third-order valence-corrected chi connectivity index (χ3v) is 1.99. The van der Waals surface area contributed by atoms with Gasteiger partial charge in [0.25, 0.3) is 0 Å². The van der Waals surface area contributed by atoms with Gasteiger partial charge in [-0.25, -0.2) is 0 Å². The van der Waals surface area contributed by atoms with Gasteiger partial charge in [0.05, 0.1) is 0 Å². The fourth-order valence-corrected chi connectivity index (χ4v) is 1.17. The monoisotopic (exact) mass is 169 g/mol. The van der Waals surface area contributed by atoms with Crippen molar-refractivity contribution in [3.63, 3.8) is 0 Å². The van der Waals surface area contributed by atoms with Crippen LogP contribution in [-0.4, -0.2) is 6.04 Å². The van der Waals surface area contributed by atoms with E-state index in [1.165, 1.54) is 25.7 Å². The summed E-state index contributed by atoms with van der Waals surface area (Å²) in [4.78, 5) is 0. The molecule has 1 atom stereocenters. The zero-order valence-corrected chi connectivity index (χ0v) is 8.60. The Bertz CT molecular complexity index is 71.1. The van der Waals surface area contributed by atoms with Gasteiger partial charge < -0.3 is 5.32 Å². The smallest absolute Gasteiger partial charge is 0.0223 e. The van der Waals surface area contributed by atoms with Gasteiger partial charge in [0.2, 0.25) is 0 Å². The first-order chi connectivity index (χ1) is 5.81. The SMILES string of the molecule is [CH2]CC[CH]NC(C)CCCCC. The van der Waals surface area contributed by atoms with Gasteiger partial charge in [-0.1, -0.05) is 39.5 Å². The lowest BCUT2D eigenvalue weighted by atomic mass is 10.1. The van der Waals surface area contributed by atoms with Gasteiger partial charge in [-0.2, -0.15) is 0 Å². The van der Waals surface area contributed by atoms with E-state index in [1.54, 1.807) is 0 Å². The van der Waals surface area contributed by atoms with E-state index in [1.807, 2.05) is 0 Å². The molecule has 0 aromatic heterocycles. The van der Waals surface area contributed by atoms with Crippen LogP contribution in [0.25, 0.3) is 0 Å². The standard InChI is InChI=1S/C11H23N/c1-4-6-8-9-11(3)12-10-7-5-2/h10-12H,2,4-9H2,1,3H3. The van der Waals surface area contributed by atoms with Crippen molar-refractivity contribution in [2.75, 3.05) is 0 Å². The first kappa shape index (κ1) is 12.0. The molecule has 1 unspecified atom stereocenters. The number of rotatable bonds is 8. The summed E-state index contributed by atoms with van der Waals surface area (Å²) >= 11 is 0. The molecule has 0 spiro atoms. The highest BCUT2D eigenvalue weighted by Gasteiger charge is 1.98. The van der Waals surface area contributed by atoms with Gasteiger partial charge in [0, 0.05) is 12.6 Å². The molecule has 72 valence electrons. The number of hydrogen-bond acceptors (Lipinski definition) is 1. The normalized spacial score (nSPS) is 13.2. The summed E-state index contributed by atoms with van der Waals surface area (Å²) in [5.74, 6) is 0. The van der Waals surface area contributed by atoms with Crippen LogP contribution in [0, 0.1) is 13.5 Å². The van der Waals surface area contributed by atoms with Crippen molar-refractivity contribution in [2.45, 2.75) is 58.4 Å². The van der Waals surface area contributed by atoms with Gasteiger partial charge in [0.15, 0.2) is 0 Å². The molecular formula is C11H23N. The van der Waals surface area contributed by atoms with Gasteiger partial charge in [-0.05, 0) is 19.8 Å². The van der Waals surface area contributed by atoms with Gasteiger partial charge in [0.1, 0.15) is 0 Å². The summed E-state index contributed by atoms with van der Waals surface area (Å²) in [5.41, 5.74) is 0. The molecule has 12 heavy (non-hydrogen) atoms. The summed E-state index contributed by atoms with van der Waals surface area (Å²) in [6.45, 7) is 10.4. The van der Waals surface area contributed by atoms with Crippen LogP contribution in [0.4, 0.5) is 0 Å². The van der Waals surface area contributed by atoms with Crippen LogP contribution in [0.3, 0.4) is 0 Å². The molecule has 0 rings (SSSR count). The van der Waals surface area contributed by atoms with Crippen LogP contribution in [0.5, 0.6) is 0 Å². The second-order valence-electron chi connectivity index (χ2n) is 3.41. The molecule has 0 aliphatic carbocycles. The average Bonchev–Trinajstić information content (AvgIpc) is 2.06. The van der Waals surface area contributed by atoms with Crippen molar-refractivity contribution in [3.8, 4) is 0 Å². The van der Waals surface area contributed by atoms with Crippen LogP contribution >= 0.6 is 0 Å². The molecule has 0 aromatic rings. The molecule has 0 saturated carbocycles. The third-order valence-electron chi connectivity index (χ3n) is 1.99. The Morgan fingerprint density at radius 2 is 2.17 bits per heavy atom. The molecule has 0 aliphatic heterocycles. The van der Waals surface area contributed by atoms with Crippen molar-refractivity contribution in [1.82, 2.24) is 5.32 Å². The lowest BCUT2D eigenvalue weighted by Gasteiger charge is -2.12. The fraction of sp³-hybridized carbons (Fsp3) is 0.818. The van der Waals surface area contributed by atoms with E-state index in [9.17, 15) is 0 Å². The van der Waals surface area contributed by atoms with Crippen LogP contribution in [0.1, 0.15) is 52.4 Å². The molecule has 0 aliphatic rings. The maximum Gasteiger partial charge on any atom is 0.0223 e. The Labute approximate surface area is 77.9 Å². The first-order valence-electron chi connectivity index (χ1n) is 5.18. The van der Waals surface area contributed by atoms with Crippen molar-refractivity contribution < 1.29 is 0 Å². The van der Waals surface area contributed by atoms with E-state index in [4.69, 9.17) is 0 Å². The summed E-state index contributed by atoms with van der Waals surface area (Å²) < 4.78 is 0. The van der Waals surface area contributed by atoms with Crippen molar-refractivity contribution >= 4 is 0 Å². The molecule has 0 aromatic carbocycles. The van der Waals surface area contributed by atoms with Crippen LogP contribution in [0.15, 0.2) is 0 Å². The number of nitrogens with one attached hydrogen (secondary N) is 1. The van der Waals surface area contributed by atoms with Gasteiger partial charge in [-0.15, -0.1) is 0 Å². The number of unbranched alkanes of at least 4 members (excludes halogenated alkanes) is 3. The summed E-state index contributed by atoms with van der Waals surface area (Å²) in [7, 11) is 0. The first-order valence-corrected chi connectivity index (χ1v) is 5.18. The minimum absolute atomic E-state index is 0.642. The van der Waals surface area contributed by atoms with E-state index in [2.05, 4.69) is 32.6 Å². The maximum atomic E-state index is 3.79. The quantitative estimate of drug-likeness (QED) is 0.550. The van der Waals surface area contributed by atoms with E-state index in [-0.39, 0.29) is 0 Å². The molecule has 1 N–H and O–H groups in total. The van der Waals surface area contributed by atoms with E-state index < -0.39 is 0 Å². The van der Waals surface area contributed by atoms with Crippen LogP contribution in [0.2, 0.25) is 0 Å². The summed E-state index contributed by atoms with van der Waals surface area (Å²) in [6, 6.07) is 0.642. The third kappa shape index (κ3) is 8.06. The highest BCUT2D eigenvalue weighted by molar-refractivity contribution is 4.68. The van der Waals surface area contributed by atoms with Gasteiger partial charge in [-0.3, -0.25) is 0 Å². The van der Waals surface area contributed by atoms with Crippen LogP contribution < -0.4 is 5.32 Å². The Balaban J connectivity index is 3.04. The Kier molecular flexibility index (Phi) is 9.02. The fourth-order valence-electron chi connectivity index (χ4n) is 1.17. The predicted molar refractivity (Wildman–Crippen MR) is 55.6 cm³/mol. The zero-order valence-electron chi connectivity index (χ0n) is 8.60. The van der Waals surface area contributed by atoms with Crippen molar-refractivity contribution in [1.29, 1.82) is 0 Å². The maximum absolute atomic E-state index is 3.79. The Morgan fingerprint density at radius 1 is 1.42 bits per heavy atom. The largest absolute Gasteiger partial charge is 0.310 e. The minimum Gasteiger partial charge on any atom is -0.310 e. The molecule has 1 nitrogen and oxygen atoms in total. The molecule has 0 saturated heterocycles.